The molecule has 0 heterocycles. The number of nitrogens with one attached hydrogen (secondary N) is 1. The second-order valence-electron chi connectivity index (χ2n) is 5.89. The van der Waals surface area contributed by atoms with E-state index < -0.39 is 0 Å². The fourth-order valence-electron chi connectivity index (χ4n) is 3.19. The highest BCUT2D eigenvalue weighted by Crippen LogP contribution is 2.35. The van der Waals surface area contributed by atoms with Gasteiger partial charge in [0.05, 0.1) is 0 Å². The van der Waals surface area contributed by atoms with Gasteiger partial charge in [0.1, 0.15) is 0 Å². The van der Waals surface area contributed by atoms with Crippen LogP contribution in [-0.4, -0.2) is 6.04 Å². The number of benzene rings is 1. The van der Waals surface area contributed by atoms with Crippen LogP contribution < -0.4 is 5.32 Å². The summed E-state index contributed by atoms with van der Waals surface area (Å²) in [4.78, 5) is 0. The Balaban J connectivity index is 1.67. The average Bonchev–Trinajstić information content (AvgIpc) is 3.13. The lowest BCUT2D eigenvalue weighted by Crippen LogP contribution is -2.33. The summed E-state index contributed by atoms with van der Waals surface area (Å²) in [6, 6.07) is 10.3. The Morgan fingerprint density at radius 1 is 1.24 bits per heavy atom. The number of fused-ring (bicyclic) bond motifs is 1. The van der Waals surface area contributed by atoms with Crippen LogP contribution in [0.25, 0.3) is 0 Å². The Kier molecular flexibility index (Phi) is 3.19. The van der Waals surface area contributed by atoms with E-state index in [-0.39, 0.29) is 0 Å². The van der Waals surface area contributed by atoms with Crippen molar-refractivity contribution in [3.63, 3.8) is 0 Å². The maximum atomic E-state index is 3.85. The Labute approximate surface area is 105 Å². The first-order chi connectivity index (χ1) is 8.33. The minimum Gasteiger partial charge on any atom is -0.307 e. The van der Waals surface area contributed by atoms with Gasteiger partial charge in [0.15, 0.2) is 0 Å². The Hall–Kier alpha value is -0.820. The molecule has 1 N–H and O–H groups in total. The van der Waals surface area contributed by atoms with Crippen molar-refractivity contribution in [1.29, 1.82) is 0 Å². The highest BCUT2D eigenvalue weighted by molar-refractivity contribution is 5.32. The largest absolute Gasteiger partial charge is 0.307 e. The maximum Gasteiger partial charge on any atom is 0.0325 e. The summed E-state index contributed by atoms with van der Waals surface area (Å²) < 4.78 is 0. The van der Waals surface area contributed by atoms with Crippen LogP contribution in [0.1, 0.15) is 56.2 Å². The van der Waals surface area contributed by atoms with E-state index >= 15 is 0 Å². The van der Waals surface area contributed by atoms with Crippen LogP contribution in [0, 0.1) is 5.92 Å². The number of rotatable bonds is 4. The molecule has 0 aromatic heterocycles. The summed E-state index contributed by atoms with van der Waals surface area (Å²) in [5.41, 5.74) is 3.12. The molecule has 0 radical (unpaired) electrons. The SMILES string of the molecule is CC(CC1CC1)NC1CCCc2ccccc21. The van der Waals surface area contributed by atoms with Crippen molar-refractivity contribution in [3.8, 4) is 0 Å². The zero-order valence-electron chi connectivity index (χ0n) is 10.8. The molecular formula is C16H23N. The van der Waals surface area contributed by atoms with Crippen molar-refractivity contribution >= 4 is 0 Å². The van der Waals surface area contributed by atoms with Gasteiger partial charge in [-0.2, -0.15) is 0 Å². The molecule has 1 saturated carbocycles. The molecule has 2 atom stereocenters. The second-order valence-corrected chi connectivity index (χ2v) is 5.89. The van der Waals surface area contributed by atoms with Gasteiger partial charge in [-0.3, -0.25) is 0 Å². The monoisotopic (exact) mass is 229 g/mol. The lowest BCUT2D eigenvalue weighted by Gasteiger charge is -2.29. The lowest BCUT2D eigenvalue weighted by atomic mass is 9.87. The molecule has 2 unspecified atom stereocenters. The van der Waals surface area contributed by atoms with E-state index in [0.717, 1.165) is 5.92 Å². The molecule has 17 heavy (non-hydrogen) atoms. The first-order valence-electron chi connectivity index (χ1n) is 7.17. The van der Waals surface area contributed by atoms with Crippen LogP contribution in [-0.2, 0) is 6.42 Å². The Morgan fingerprint density at radius 2 is 2.06 bits per heavy atom. The summed E-state index contributed by atoms with van der Waals surface area (Å²) in [6.45, 7) is 2.36. The topological polar surface area (TPSA) is 12.0 Å². The van der Waals surface area contributed by atoms with Gasteiger partial charge in [0.2, 0.25) is 0 Å². The van der Waals surface area contributed by atoms with Crippen molar-refractivity contribution in [2.24, 2.45) is 5.92 Å². The predicted molar refractivity (Wildman–Crippen MR) is 72.1 cm³/mol. The molecule has 92 valence electrons. The quantitative estimate of drug-likeness (QED) is 0.827. The van der Waals surface area contributed by atoms with Gasteiger partial charge in [-0.15, -0.1) is 0 Å². The zero-order valence-corrected chi connectivity index (χ0v) is 10.8. The van der Waals surface area contributed by atoms with Gasteiger partial charge < -0.3 is 5.32 Å². The normalized spacial score (nSPS) is 25.4. The van der Waals surface area contributed by atoms with Crippen LogP contribution in [0.2, 0.25) is 0 Å². The van der Waals surface area contributed by atoms with Gasteiger partial charge in [-0.1, -0.05) is 37.1 Å². The third-order valence-corrected chi connectivity index (χ3v) is 4.24. The first kappa shape index (κ1) is 11.3. The Bertz CT molecular complexity index is 381. The van der Waals surface area contributed by atoms with E-state index in [1.807, 2.05) is 0 Å². The number of aryl methyl sites for hydroxylation is 1. The summed E-state index contributed by atoms with van der Waals surface area (Å²) in [5.74, 6) is 1.02. The van der Waals surface area contributed by atoms with Crippen molar-refractivity contribution < 1.29 is 0 Å². The fourth-order valence-corrected chi connectivity index (χ4v) is 3.19. The molecule has 0 saturated heterocycles. The molecular weight excluding hydrogens is 206 g/mol. The predicted octanol–water partition coefficient (Wildman–Crippen LogP) is 3.84. The molecule has 1 aromatic rings. The van der Waals surface area contributed by atoms with E-state index in [1.54, 1.807) is 11.1 Å². The first-order valence-corrected chi connectivity index (χ1v) is 7.17. The van der Waals surface area contributed by atoms with E-state index in [0.29, 0.717) is 12.1 Å². The van der Waals surface area contributed by atoms with Crippen molar-refractivity contribution in [2.75, 3.05) is 0 Å². The van der Waals surface area contributed by atoms with E-state index in [1.165, 1.54) is 38.5 Å². The zero-order chi connectivity index (χ0) is 11.7. The molecule has 0 bridgehead atoms. The smallest absolute Gasteiger partial charge is 0.0325 e. The lowest BCUT2D eigenvalue weighted by molar-refractivity contribution is 0.385. The summed E-state index contributed by atoms with van der Waals surface area (Å²) >= 11 is 0. The molecule has 3 rings (SSSR count). The van der Waals surface area contributed by atoms with Crippen molar-refractivity contribution in [2.45, 2.75) is 57.5 Å². The van der Waals surface area contributed by atoms with E-state index in [4.69, 9.17) is 0 Å². The second kappa shape index (κ2) is 4.81. The van der Waals surface area contributed by atoms with Crippen LogP contribution in [0.4, 0.5) is 0 Å². The number of hydrogen-bond acceptors (Lipinski definition) is 1. The van der Waals surface area contributed by atoms with E-state index in [9.17, 15) is 0 Å². The molecule has 0 spiro atoms. The van der Waals surface area contributed by atoms with Gasteiger partial charge >= 0.3 is 0 Å². The number of hydrogen-bond donors (Lipinski definition) is 1. The molecule has 1 heteroatoms. The van der Waals surface area contributed by atoms with Crippen LogP contribution in [0.5, 0.6) is 0 Å². The third kappa shape index (κ3) is 2.71. The summed E-state index contributed by atoms with van der Waals surface area (Å²) in [6.07, 6.45) is 8.22. The molecule has 2 aliphatic carbocycles. The van der Waals surface area contributed by atoms with Crippen LogP contribution in [0.3, 0.4) is 0 Å². The minimum absolute atomic E-state index is 0.605. The molecule has 1 nitrogen and oxygen atoms in total. The van der Waals surface area contributed by atoms with Crippen LogP contribution in [0.15, 0.2) is 24.3 Å². The summed E-state index contributed by atoms with van der Waals surface area (Å²) in [7, 11) is 0. The maximum absolute atomic E-state index is 3.85. The molecule has 0 aliphatic heterocycles. The third-order valence-electron chi connectivity index (χ3n) is 4.24. The minimum atomic E-state index is 0.605. The molecule has 1 aromatic carbocycles. The highest BCUT2D eigenvalue weighted by Gasteiger charge is 2.26. The van der Waals surface area contributed by atoms with E-state index in [2.05, 4.69) is 36.5 Å². The van der Waals surface area contributed by atoms with Gasteiger partial charge in [0, 0.05) is 12.1 Å². The molecule has 0 amide bonds. The van der Waals surface area contributed by atoms with Gasteiger partial charge in [-0.25, -0.2) is 0 Å². The highest BCUT2D eigenvalue weighted by atomic mass is 14.9. The fraction of sp³-hybridized carbons (Fsp3) is 0.625. The molecule has 1 fully saturated rings. The van der Waals surface area contributed by atoms with Crippen molar-refractivity contribution in [3.05, 3.63) is 35.4 Å². The Morgan fingerprint density at radius 3 is 2.88 bits per heavy atom. The average molecular weight is 229 g/mol. The van der Waals surface area contributed by atoms with Crippen molar-refractivity contribution in [1.82, 2.24) is 5.32 Å². The standard InChI is InChI=1S/C16H23N/c1-12(11-13-9-10-13)17-16-8-4-6-14-5-2-3-7-15(14)16/h2-3,5,7,12-13,16-17H,4,6,8-11H2,1H3. The van der Waals surface area contributed by atoms with Gasteiger partial charge in [0.25, 0.3) is 0 Å². The van der Waals surface area contributed by atoms with Gasteiger partial charge in [-0.05, 0) is 49.7 Å². The summed E-state index contributed by atoms with van der Waals surface area (Å²) in [5, 5.41) is 3.85. The van der Waals surface area contributed by atoms with Crippen LogP contribution >= 0.6 is 0 Å². The molecule has 2 aliphatic rings.